The van der Waals surface area contributed by atoms with Gasteiger partial charge in [0.2, 0.25) is 5.91 Å². The van der Waals surface area contributed by atoms with E-state index in [2.05, 4.69) is 0 Å². The van der Waals surface area contributed by atoms with Crippen LogP contribution in [0.15, 0.2) is 24.3 Å². The lowest BCUT2D eigenvalue weighted by Crippen LogP contribution is -2.31. The van der Waals surface area contributed by atoms with Gasteiger partial charge in [0.1, 0.15) is 5.75 Å². The fraction of sp³-hybridized carbons (Fsp3) is 0.417. The van der Waals surface area contributed by atoms with Crippen LogP contribution < -0.4 is 5.73 Å². The maximum Gasteiger partial charge on any atom is 0.224 e. The van der Waals surface area contributed by atoms with Crippen LogP contribution >= 0.6 is 0 Å². The molecule has 0 spiro atoms. The molecule has 16 heavy (non-hydrogen) atoms. The van der Waals surface area contributed by atoms with Crippen molar-refractivity contribution in [2.45, 2.75) is 19.4 Å². The van der Waals surface area contributed by atoms with Crippen LogP contribution in [0.3, 0.4) is 0 Å². The number of nitrogens with two attached hydrogens (primary N) is 1. The van der Waals surface area contributed by atoms with Crippen molar-refractivity contribution < 1.29 is 9.90 Å². The number of carbonyl (C=O) groups excluding carboxylic acids is 1. The van der Waals surface area contributed by atoms with E-state index in [4.69, 9.17) is 5.73 Å². The molecule has 0 radical (unpaired) electrons. The summed E-state index contributed by atoms with van der Waals surface area (Å²) in [6.45, 7) is 2.22. The smallest absolute Gasteiger partial charge is 0.224 e. The molecule has 4 heteroatoms. The molecule has 1 unspecified atom stereocenters. The number of phenolic OH excluding ortho intramolecular Hbond substituents is 1. The van der Waals surface area contributed by atoms with Crippen LogP contribution in [0.2, 0.25) is 0 Å². The molecule has 1 rings (SSSR count). The Hall–Kier alpha value is -1.55. The van der Waals surface area contributed by atoms with Gasteiger partial charge in [-0.15, -0.1) is 0 Å². The number of rotatable bonds is 4. The van der Waals surface area contributed by atoms with Crippen LogP contribution in [0.1, 0.15) is 24.9 Å². The molecule has 3 N–H and O–H groups in total. The van der Waals surface area contributed by atoms with Crippen LogP contribution in [-0.4, -0.2) is 29.5 Å². The highest BCUT2D eigenvalue weighted by Gasteiger charge is 2.18. The lowest BCUT2D eigenvalue weighted by Gasteiger charge is -2.25. The fourth-order valence-electron chi connectivity index (χ4n) is 1.57. The number of amides is 1. The summed E-state index contributed by atoms with van der Waals surface area (Å²) >= 11 is 0. The lowest BCUT2D eigenvalue weighted by molar-refractivity contribution is -0.131. The number of nitrogens with zero attached hydrogens (tertiary/aromatic N) is 1. The zero-order valence-corrected chi connectivity index (χ0v) is 9.68. The molecular formula is C12H18N2O2. The molecule has 0 aliphatic rings. The van der Waals surface area contributed by atoms with Gasteiger partial charge in [0.05, 0.1) is 6.04 Å². The van der Waals surface area contributed by atoms with Gasteiger partial charge in [0.15, 0.2) is 0 Å². The molecule has 1 aromatic rings. The van der Waals surface area contributed by atoms with Crippen LogP contribution in [0.25, 0.3) is 0 Å². The average molecular weight is 222 g/mol. The minimum Gasteiger partial charge on any atom is -0.508 e. The summed E-state index contributed by atoms with van der Waals surface area (Å²) in [6, 6.07) is 6.87. The summed E-state index contributed by atoms with van der Waals surface area (Å²) in [5.41, 5.74) is 6.08. The van der Waals surface area contributed by atoms with Gasteiger partial charge in [-0.05, 0) is 13.0 Å². The highest BCUT2D eigenvalue weighted by atomic mass is 16.3. The number of aromatic hydroxyl groups is 1. The Labute approximate surface area is 95.7 Å². The molecule has 0 aliphatic carbocycles. The van der Waals surface area contributed by atoms with Crippen molar-refractivity contribution in [1.29, 1.82) is 0 Å². The molecule has 4 nitrogen and oxygen atoms in total. The molecule has 0 aromatic heterocycles. The molecular weight excluding hydrogens is 204 g/mol. The second kappa shape index (κ2) is 5.51. The number of para-hydroxylation sites is 1. The SMILES string of the molecule is CC(c1ccccc1O)N(C)C(=O)CCN. The van der Waals surface area contributed by atoms with E-state index in [1.807, 2.05) is 19.1 Å². The van der Waals surface area contributed by atoms with Gasteiger partial charge in [0, 0.05) is 25.6 Å². The highest BCUT2D eigenvalue weighted by molar-refractivity contribution is 5.76. The van der Waals surface area contributed by atoms with Gasteiger partial charge in [-0.2, -0.15) is 0 Å². The van der Waals surface area contributed by atoms with Crippen LogP contribution in [0.5, 0.6) is 5.75 Å². The van der Waals surface area contributed by atoms with E-state index in [1.165, 1.54) is 0 Å². The summed E-state index contributed by atoms with van der Waals surface area (Å²) in [6.07, 6.45) is 0.328. The molecule has 0 bridgehead atoms. The number of phenols is 1. The van der Waals surface area contributed by atoms with Crippen LogP contribution in [0.4, 0.5) is 0 Å². The predicted octanol–water partition coefficient (Wildman–Crippen LogP) is 1.26. The maximum atomic E-state index is 11.6. The van der Waals surface area contributed by atoms with E-state index in [9.17, 15) is 9.90 Å². The number of carbonyl (C=O) groups is 1. The number of hydrogen-bond acceptors (Lipinski definition) is 3. The van der Waals surface area contributed by atoms with E-state index in [0.717, 1.165) is 5.56 Å². The van der Waals surface area contributed by atoms with Gasteiger partial charge >= 0.3 is 0 Å². The molecule has 1 atom stereocenters. The second-order valence-electron chi connectivity index (χ2n) is 3.78. The maximum absolute atomic E-state index is 11.6. The summed E-state index contributed by atoms with van der Waals surface area (Å²) in [5, 5.41) is 9.68. The molecule has 0 saturated heterocycles. The molecule has 0 fully saturated rings. The minimum absolute atomic E-state index is 0.0155. The monoisotopic (exact) mass is 222 g/mol. The molecule has 88 valence electrons. The van der Waals surface area contributed by atoms with E-state index in [1.54, 1.807) is 24.1 Å². The standard InChI is InChI=1S/C12H18N2O2/c1-9(14(2)12(16)7-8-13)10-5-3-4-6-11(10)15/h3-6,9,15H,7-8,13H2,1-2H3. The van der Waals surface area contributed by atoms with Crippen molar-refractivity contribution in [3.05, 3.63) is 29.8 Å². The first-order valence-corrected chi connectivity index (χ1v) is 5.31. The third kappa shape index (κ3) is 2.73. The number of hydrogen-bond donors (Lipinski definition) is 2. The van der Waals surface area contributed by atoms with Gasteiger partial charge in [0.25, 0.3) is 0 Å². The summed E-state index contributed by atoms with van der Waals surface area (Å²) in [5.74, 6) is 0.195. The van der Waals surface area contributed by atoms with E-state index < -0.39 is 0 Å². The Balaban J connectivity index is 2.82. The predicted molar refractivity (Wildman–Crippen MR) is 63.0 cm³/mol. The van der Waals surface area contributed by atoms with Crippen molar-refractivity contribution in [3.63, 3.8) is 0 Å². The van der Waals surface area contributed by atoms with Crippen LogP contribution in [0, 0.1) is 0 Å². The molecule has 0 aliphatic heterocycles. The fourth-order valence-corrected chi connectivity index (χ4v) is 1.57. The van der Waals surface area contributed by atoms with Crippen molar-refractivity contribution in [2.24, 2.45) is 5.73 Å². The largest absolute Gasteiger partial charge is 0.508 e. The van der Waals surface area contributed by atoms with Crippen molar-refractivity contribution in [3.8, 4) is 5.75 Å². The van der Waals surface area contributed by atoms with E-state index in [-0.39, 0.29) is 17.7 Å². The summed E-state index contributed by atoms with van der Waals surface area (Å²) in [4.78, 5) is 13.2. The van der Waals surface area contributed by atoms with Gasteiger partial charge < -0.3 is 15.7 Å². The second-order valence-corrected chi connectivity index (χ2v) is 3.78. The van der Waals surface area contributed by atoms with Crippen molar-refractivity contribution >= 4 is 5.91 Å². The van der Waals surface area contributed by atoms with E-state index in [0.29, 0.717) is 13.0 Å². The lowest BCUT2D eigenvalue weighted by atomic mass is 10.1. The van der Waals surface area contributed by atoms with E-state index >= 15 is 0 Å². The van der Waals surface area contributed by atoms with Gasteiger partial charge in [-0.25, -0.2) is 0 Å². The molecule has 0 saturated carbocycles. The Morgan fingerprint density at radius 2 is 2.12 bits per heavy atom. The topological polar surface area (TPSA) is 66.6 Å². The van der Waals surface area contributed by atoms with Crippen molar-refractivity contribution in [1.82, 2.24) is 4.90 Å². The highest BCUT2D eigenvalue weighted by Crippen LogP contribution is 2.27. The zero-order chi connectivity index (χ0) is 12.1. The first kappa shape index (κ1) is 12.5. The first-order chi connectivity index (χ1) is 7.57. The Morgan fingerprint density at radius 1 is 1.50 bits per heavy atom. The third-order valence-electron chi connectivity index (χ3n) is 2.72. The van der Waals surface area contributed by atoms with Gasteiger partial charge in [-0.1, -0.05) is 18.2 Å². The number of benzene rings is 1. The molecule has 0 heterocycles. The quantitative estimate of drug-likeness (QED) is 0.806. The Morgan fingerprint density at radius 3 is 2.69 bits per heavy atom. The molecule has 1 aromatic carbocycles. The first-order valence-electron chi connectivity index (χ1n) is 5.31. The normalized spacial score (nSPS) is 12.2. The Kier molecular flexibility index (Phi) is 4.31. The third-order valence-corrected chi connectivity index (χ3v) is 2.72. The van der Waals surface area contributed by atoms with Crippen LogP contribution in [-0.2, 0) is 4.79 Å². The Bertz CT molecular complexity index is 366. The summed E-state index contributed by atoms with van der Waals surface area (Å²) < 4.78 is 0. The molecule has 1 amide bonds. The summed E-state index contributed by atoms with van der Waals surface area (Å²) in [7, 11) is 1.72. The average Bonchev–Trinajstić information content (AvgIpc) is 2.28. The minimum atomic E-state index is -0.153. The van der Waals surface area contributed by atoms with Gasteiger partial charge in [-0.3, -0.25) is 4.79 Å². The van der Waals surface area contributed by atoms with Crippen molar-refractivity contribution in [2.75, 3.05) is 13.6 Å². The zero-order valence-electron chi connectivity index (χ0n) is 9.68.